The van der Waals surface area contributed by atoms with Crippen molar-refractivity contribution in [3.05, 3.63) is 56.9 Å². The maximum Gasteiger partial charge on any atom is 0.251 e. The molecule has 0 bridgehead atoms. The van der Waals surface area contributed by atoms with Gasteiger partial charge >= 0.3 is 0 Å². The summed E-state index contributed by atoms with van der Waals surface area (Å²) >= 11 is 7.44. The molecule has 0 saturated carbocycles. The Labute approximate surface area is 168 Å². The molecule has 2 amide bonds. The summed E-state index contributed by atoms with van der Waals surface area (Å²) < 4.78 is 0. The fraction of sp³-hybridized carbons (Fsp3) is 0.333. The molecule has 142 valence electrons. The van der Waals surface area contributed by atoms with Gasteiger partial charge in [-0.05, 0) is 54.5 Å². The van der Waals surface area contributed by atoms with Crippen LogP contribution in [0.25, 0.3) is 6.08 Å². The van der Waals surface area contributed by atoms with Gasteiger partial charge in [0.05, 0.1) is 5.56 Å². The van der Waals surface area contributed by atoms with E-state index < -0.39 is 5.91 Å². The number of nitrogens with two attached hydrogens (primary N) is 1. The fourth-order valence-corrected chi connectivity index (χ4v) is 5.16. The lowest BCUT2D eigenvalue weighted by Gasteiger charge is -2.21. The number of rotatable bonds is 6. The maximum absolute atomic E-state index is 12.3. The van der Waals surface area contributed by atoms with E-state index in [0.29, 0.717) is 21.5 Å². The van der Waals surface area contributed by atoms with Gasteiger partial charge in [-0.1, -0.05) is 43.5 Å². The SMILES string of the molecule is CCCC1CCc2c(sc(NC(=O)C=Cc3cccc(Cl)c3)c2C(N)=O)C1. The second-order valence-corrected chi connectivity index (χ2v) is 8.39. The summed E-state index contributed by atoms with van der Waals surface area (Å²) in [5.74, 6) is -0.120. The molecule has 1 atom stereocenters. The van der Waals surface area contributed by atoms with Gasteiger partial charge in [-0.2, -0.15) is 0 Å². The predicted octanol–water partition coefficient (Wildman–Crippen LogP) is 5.06. The molecule has 6 heteroatoms. The van der Waals surface area contributed by atoms with Crippen LogP contribution in [0.3, 0.4) is 0 Å². The van der Waals surface area contributed by atoms with Crippen molar-refractivity contribution in [3.8, 4) is 0 Å². The van der Waals surface area contributed by atoms with Crippen molar-refractivity contribution < 1.29 is 9.59 Å². The molecule has 1 aliphatic rings. The van der Waals surface area contributed by atoms with E-state index in [9.17, 15) is 9.59 Å². The van der Waals surface area contributed by atoms with Gasteiger partial charge < -0.3 is 11.1 Å². The lowest BCUT2D eigenvalue weighted by molar-refractivity contribution is -0.111. The van der Waals surface area contributed by atoms with E-state index in [-0.39, 0.29) is 5.91 Å². The minimum atomic E-state index is -0.476. The molecule has 1 aromatic carbocycles. The third-order valence-corrected chi connectivity index (χ3v) is 6.23. The molecule has 0 saturated heterocycles. The number of hydrogen-bond acceptors (Lipinski definition) is 3. The Morgan fingerprint density at radius 2 is 2.22 bits per heavy atom. The molecule has 1 heterocycles. The van der Waals surface area contributed by atoms with Crippen LogP contribution < -0.4 is 11.1 Å². The summed E-state index contributed by atoms with van der Waals surface area (Å²) in [7, 11) is 0. The van der Waals surface area contributed by atoms with Crippen LogP contribution in [-0.2, 0) is 17.6 Å². The molecule has 27 heavy (non-hydrogen) atoms. The Morgan fingerprint density at radius 1 is 1.41 bits per heavy atom. The summed E-state index contributed by atoms with van der Waals surface area (Å²) in [6, 6.07) is 7.24. The quantitative estimate of drug-likeness (QED) is 0.663. The third kappa shape index (κ3) is 4.79. The second-order valence-electron chi connectivity index (χ2n) is 6.85. The van der Waals surface area contributed by atoms with Crippen LogP contribution >= 0.6 is 22.9 Å². The normalized spacial score (nSPS) is 16.3. The molecule has 0 radical (unpaired) electrons. The topological polar surface area (TPSA) is 72.2 Å². The molecule has 2 aromatic rings. The minimum Gasteiger partial charge on any atom is -0.365 e. The number of carbonyl (C=O) groups excluding carboxylic acids is 2. The Kier molecular flexibility index (Phi) is 6.34. The Balaban J connectivity index is 1.78. The Hall–Kier alpha value is -2.11. The van der Waals surface area contributed by atoms with Gasteiger partial charge in [0.2, 0.25) is 5.91 Å². The van der Waals surface area contributed by atoms with E-state index in [1.165, 1.54) is 28.7 Å². The minimum absolute atomic E-state index is 0.291. The number of halogens is 1. The molecule has 0 spiro atoms. The molecule has 0 fully saturated rings. The van der Waals surface area contributed by atoms with Gasteiger partial charge in [-0.15, -0.1) is 11.3 Å². The standard InChI is InChI=1S/C21H23ClN2O2S/c1-2-4-13-7-9-16-17(12-13)27-21(19(16)20(23)26)24-18(25)10-8-14-5-3-6-15(22)11-14/h3,5-6,8,10-11,13H,2,4,7,9,12H2,1H3,(H2,23,26)(H,24,25). The first-order valence-corrected chi connectivity index (χ1v) is 10.4. The van der Waals surface area contributed by atoms with E-state index in [0.717, 1.165) is 36.8 Å². The van der Waals surface area contributed by atoms with E-state index in [2.05, 4.69) is 12.2 Å². The van der Waals surface area contributed by atoms with Crippen molar-refractivity contribution in [2.24, 2.45) is 11.7 Å². The zero-order chi connectivity index (χ0) is 19.4. The van der Waals surface area contributed by atoms with E-state index in [1.54, 1.807) is 18.2 Å². The van der Waals surface area contributed by atoms with Gasteiger partial charge in [0.15, 0.2) is 0 Å². The molecule has 0 aliphatic heterocycles. The first kappa shape index (κ1) is 19.6. The highest BCUT2D eigenvalue weighted by Crippen LogP contribution is 2.40. The smallest absolute Gasteiger partial charge is 0.251 e. The lowest BCUT2D eigenvalue weighted by atomic mass is 9.84. The number of benzene rings is 1. The highest BCUT2D eigenvalue weighted by atomic mass is 35.5. The number of primary amides is 1. The van der Waals surface area contributed by atoms with E-state index in [4.69, 9.17) is 17.3 Å². The van der Waals surface area contributed by atoms with Gasteiger partial charge in [-0.25, -0.2) is 0 Å². The molecule has 4 nitrogen and oxygen atoms in total. The summed E-state index contributed by atoms with van der Waals surface area (Å²) in [6.45, 7) is 2.19. The van der Waals surface area contributed by atoms with E-state index >= 15 is 0 Å². The summed E-state index contributed by atoms with van der Waals surface area (Å²) in [5.41, 5.74) is 7.95. The number of anilines is 1. The first-order chi connectivity index (χ1) is 13.0. The van der Waals surface area contributed by atoms with Crippen LogP contribution in [0.15, 0.2) is 30.3 Å². The summed E-state index contributed by atoms with van der Waals surface area (Å²) in [5, 5.41) is 4.01. The van der Waals surface area contributed by atoms with Crippen molar-refractivity contribution in [1.29, 1.82) is 0 Å². The Bertz CT molecular complexity index is 888. The van der Waals surface area contributed by atoms with Crippen LogP contribution in [0.5, 0.6) is 0 Å². The van der Waals surface area contributed by atoms with Crippen molar-refractivity contribution in [3.63, 3.8) is 0 Å². The van der Waals surface area contributed by atoms with Gasteiger partial charge in [0.1, 0.15) is 5.00 Å². The van der Waals surface area contributed by atoms with Crippen LogP contribution in [-0.4, -0.2) is 11.8 Å². The molecule has 1 aliphatic carbocycles. The highest BCUT2D eigenvalue weighted by molar-refractivity contribution is 7.17. The first-order valence-electron chi connectivity index (χ1n) is 9.17. The second kappa shape index (κ2) is 8.72. The highest BCUT2D eigenvalue weighted by Gasteiger charge is 2.28. The predicted molar refractivity (Wildman–Crippen MR) is 112 cm³/mol. The zero-order valence-electron chi connectivity index (χ0n) is 15.3. The lowest BCUT2D eigenvalue weighted by Crippen LogP contribution is -2.19. The van der Waals surface area contributed by atoms with Crippen LogP contribution in [0.4, 0.5) is 5.00 Å². The molecule has 3 N–H and O–H groups in total. The fourth-order valence-electron chi connectivity index (χ4n) is 3.59. The average Bonchev–Trinajstić information content (AvgIpc) is 2.97. The monoisotopic (exact) mass is 402 g/mol. The van der Waals surface area contributed by atoms with Crippen molar-refractivity contribution in [2.75, 3.05) is 5.32 Å². The van der Waals surface area contributed by atoms with Crippen LogP contribution in [0.2, 0.25) is 5.02 Å². The molecule has 1 unspecified atom stereocenters. The van der Waals surface area contributed by atoms with Crippen molar-refractivity contribution in [2.45, 2.75) is 39.0 Å². The molecular weight excluding hydrogens is 380 g/mol. The number of thiophene rings is 1. The van der Waals surface area contributed by atoms with Gasteiger partial charge in [-0.3, -0.25) is 9.59 Å². The molecule has 3 rings (SSSR count). The summed E-state index contributed by atoms with van der Waals surface area (Å²) in [6.07, 6.45) is 8.36. The largest absolute Gasteiger partial charge is 0.365 e. The number of hydrogen-bond donors (Lipinski definition) is 2. The van der Waals surface area contributed by atoms with Crippen LogP contribution in [0, 0.1) is 5.92 Å². The average molecular weight is 403 g/mol. The third-order valence-electron chi connectivity index (χ3n) is 4.82. The van der Waals surface area contributed by atoms with Crippen LogP contribution in [0.1, 0.15) is 52.5 Å². The Morgan fingerprint density at radius 3 is 2.93 bits per heavy atom. The zero-order valence-corrected chi connectivity index (χ0v) is 16.8. The molecular formula is C21H23ClN2O2S. The number of carbonyl (C=O) groups is 2. The molecule has 1 aromatic heterocycles. The maximum atomic E-state index is 12.3. The van der Waals surface area contributed by atoms with Crippen molar-refractivity contribution in [1.82, 2.24) is 0 Å². The van der Waals surface area contributed by atoms with Crippen molar-refractivity contribution >= 4 is 45.8 Å². The van der Waals surface area contributed by atoms with E-state index in [1.807, 2.05) is 12.1 Å². The van der Waals surface area contributed by atoms with Gasteiger partial charge in [0, 0.05) is 16.0 Å². The number of nitrogens with one attached hydrogen (secondary N) is 1. The summed E-state index contributed by atoms with van der Waals surface area (Å²) in [4.78, 5) is 25.5. The number of amides is 2. The number of fused-ring (bicyclic) bond motifs is 1. The van der Waals surface area contributed by atoms with Gasteiger partial charge in [0.25, 0.3) is 5.91 Å².